The summed E-state index contributed by atoms with van der Waals surface area (Å²) in [4.78, 5) is 15.1. The Morgan fingerprint density at radius 1 is 0.968 bits per heavy atom. The third-order valence-corrected chi connectivity index (χ3v) is 8.15. The van der Waals surface area contributed by atoms with Crippen molar-refractivity contribution >= 4 is 5.78 Å². The van der Waals surface area contributed by atoms with Crippen LogP contribution in [-0.2, 0) is 9.53 Å². The Morgan fingerprint density at radius 3 is 2.55 bits per heavy atom. The van der Waals surface area contributed by atoms with E-state index in [2.05, 4.69) is 17.0 Å². The normalized spacial score (nSPS) is 29.4. The molecule has 5 heteroatoms. The van der Waals surface area contributed by atoms with E-state index in [0.29, 0.717) is 31.0 Å². The maximum absolute atomic E-state index is 12.4. The average molecular weight is 428 g/mol. The minimum absolute atomic E-state index is 0.191. The average Bonchev–Trinajstić information content (AvgIpc) is 3.51. The molecule has 1 saturated carbocycles. The Labute approximate surface area is 186 Å². The first kappa shape index (κ1) is 21.3. The van der Waals surface area contributed by atoms with Gasteiger partial charge in [0.25, 0.3) is 0 Å². The SMILES string of the molecule is O=C(CC1CCC(CCN2CCC(c3cccc4c3OCO4)CC2)CC1)C1CCOC1. The van der Waals surface area contributed by atoms with Crippen LogP contribution in [0.25, 0.3) is 0 Å². The Morgan fingerprint density at radius 2 is 1.77 bits per heavy atom. The molecular weight excluding hydrogens is 390 g/mol. The zero-order valence-electron chi connectivity index (χ0n) is 18.7. The topological polar surface area (TPSA) is 48.0 Å². The fourth-order valence-corrected chi connectivity index (χ4v) is 6.07. The number of piperidine rings is 1. The maximum Gasteiger partial charge on any atom is 0.231 e. The van der Waals surface area contributed by atoms with Gasteiger partial charge in [0.2, 0.25) is 6.79 Å². The molecule has 1 unspecified atom stereocenters. The van der Waals surface area contributed by atoms with Crippen LogP contribution in [0.5, 0.6) is 11.5 Å². The molecule has 0 spiro atoms. The summed E-state index contributed by atoms with van der Waals surface area (Å²) in [5, 5.41) is 0. The van der Waals surface area contributed by atoms with Gasteiger partial charge in [-0.3, -0.25) is 4.79 Å². The summed E-state index contributed by atoms with van der Waals surface area (Å²) in [7, 11) is 0. The second-order valence-corrected chi connectivity index (χ2v) is 10.1. The van der Waals surface area contributed by atoms with Crippen LogP contribution in [-0.4, -0.2) is 50.3 Å². The lowest BCUT2D eigenvalue weighted by atomic mass is 9.77. The highest BCUT2D eigenvalue weighted by Gasteiger charge is 2.30. The number of benzene rings is 1. The van der Waals surface area contributed by atoms with Gasteiger partial charge in [-0.25, -0.2) is 0 Å². The van der Waals surface area contributed by atoms with Crippen LogP contribution in [0.4, 0.5) is 0 Å². The molecule has 1 atom stereocenters. The summed E-state index contributed by atoms with van der Waals surface area (Å²) in [6, 6.07) is 6.33. The van der Waals surface area contributed by atoms with E-state index in [1.54, 1.807) is 0 Å². The van der Waals surface area contributed by atoms with Gasteiger partial charge in [-0.1, -0.05) is 25.0 Å². The lowest BCUT2D eigenvalue weighted by molar-refractivity contribution is -0.124. The number of rotatable bonds is 7. The van der Waals surface area contributed by atoms with E-state index in [-0.39, 0.29) is 5.92 Å². The summed E-state index contributed by atoms with van der Waals surface area (Å²) >= 11 is 0. The van der Waals surface area contributed by atoms with Crippen LogP contribution in [0.15, 0.2) is 18.2 Å². The van der Waals surface area contributed by atoms with Crippen LogP contribution in [0, 0.1) is 17.8 Å². The number of carbonyl (C=O) groups is 1. The molecule has 0 N–H and O–H groups in total. The molecule has 1 aromatic carbocycles. The third kappa shape index (κ3) is 5.09. The summed E-state index contributed by atoms with van der Waals surface area (Å²) in [6.45, 7) is 5.39. The van der Waals surface area contributed by atoms with Gasteiger partial charge < -0.3 is 19.1 Å². The van der Waals surface area contributed by atoms with Crippen molar-refractivity contribution in [3.8, 4) is 11.5 Å². The molecule has 1 aromatic rings. The molecule has 5 nitrogen and oxygen atoms in total. The molecule has 3 fully saturated rings. The molecule has 1 aliphatic carbocycles. The van der Waals surface area contributed by atoms with Crippen LogP contribution >= 0.6 is 0 Å². The van der Waals surface area contributed by atoms with Crippen molar-refractivity contribution in [2.75, 3.05) is 39.6 Å². The van der Waals surface area contributed by atoms with Gasteiger partial charge in [-0.2, -0.15) is 0 Å². The quantitative estimate of drug-likeness (QED) is 0.626. The number of ketones is 1. The van der Waals surface area contributed by atoms with Crippen LogP contribution in [0.2, 0.25) is 0 Å². The predicted molar refractivity (Wildman–Crippen MR) is 120 cm³/mol. The minimum Gasteiger partial charge on any atom is -0.454 e. The number of hydrogen-bond acceptors (Lipinski definition) is 5. The molecule has 3 aliphatic heterocycles. The molecule has 4 aliphatic rings. The zero-order valence-corrected chi connectivity index (χ0v) is 18.7. The predicted octanol–water partition coefficient (Wildman–Crippen LogP) is 4.79. The van der Waals surface area contributed by atoms with E-state index >= 15 is 0 Å². The Balaban J connectivity index is 1.01. The van der Waals surface area contributed by atoms with Crippen molar-refractivity contribution in [2.24, 2.45) is 17.8 Å². The van der Waals surface area contributed by atoms with Crippen molar-refractivity contribution in [1.29, 1.82) is 0 Å². The first-order chi connectivity index (χ1) is 15.3. The van der Waals surface area contributed by atoms with Gasteiger partial charge in [0, 0.05) is 24.5 Å². The molecule has 5 rings (SSSR count). The number of ether oxygens (including phenoxy) is 3. The molecule has 0 bridgehead atoms. The molecule has 2 saturated heterocycles. The Hall–Kier alpha value is -1.59. The molecule has 0 radical (unpaired) electrons. The smallest absolute Gasteiger partial charge is 0.231 e. The largest absolute Gasteiger partial charge is 0.454 e. The number of para-hydroxylation sites is 1. The minimum atomic E-state index is 0.191. The second kappa shape index (κ2) is 9.91. The molecular formula is C26H37NO4. The fourth-order valence-electron chi connectivity index (χ4n) is 6.07. The highest BCUT2D eigenvalue weighted by Crippen LogP contribution is 2.42. The zero-order chi connectivity index (χ0) is 21.0. The lowest BCUT2D eigenvalue weighted by Gasteiger charge is -2.34. The summed E-state index contributed by atoms with van der Waals surface area (Å²) in [5.41, 5.74) is 1.34. The highest BCUT2D eigenvalue weighted by atomic mass is 16.7. The number of hydrogen-bond donors (Lipinski definition) is 0. The lowest BCUT2D eigenvalue weighted by Crippen LogP contribution is -2.35. The van der Waals surface area contributed by atoms with Crippen molar-refractivity contribution in [1.82, 2.24) is 4.90 Å². The van der Waals surface area contributed by atoms with E-state index < -0.39 is 0 Å². The van der Waals surface area contributed by atoms with E-state index in [4.69, 9.17) is 14.2 Å². The van der Waals surface area contributed by atoms with Crippen LogP contribution < -0.4 is 9.47 Å². The number of nitrogens with zero attached hydrogens (tertiary/aromatic N) is 1. The van der Waals surface area contributed by atoms with Gasteiger partial charge in [0.15, 0.2) is 11.5 Å². The second-order valence-electron chi connectivity index (χ2n) is 10.1. The Bertz CT molecular complexity index is 744. The number of carbonyl (C=O) groups excluding carboxylic acids is 1. The van der Waals surface area contributed by atoms with Gasteiger partial charge in [0.05, 0.1) is 6.61 Å². The van der Waals surface area contributed by atoms with Crippen molar-refractivity contribution < 1.29 is 19.0 Å². The summed E-state index contributed by atoms with van der Waals surface area (Å²) < 4.78 is 16.7. The number of Topliss-reactive ketones (excluding diaryl/α,β-unsaturated/α-hetero) is 1. The van der Waals surface area contributed by atoms with Gasteiger partial charge in [-0.15, -0.1) is 0 Å². The molecule has 170 valence electrons. The first-order valence-corrected chi connectivity index (χ1v) is 12.5. The van der Waals surface area contributed by atoms with Crippen molar-refractivity contribution in [2.45, 2.75) is 63.7 Å². The van der Waals surface area contributed by atoms with Gasteiger partial charge >= 0.3 is 0 Å². The third-order valence-electron chi connectivity index (χ3n) is 8.15. The molecule has 0 aromatic heterocycles. The Kier molecular flexibility index (Phi) is 6.80. The fraction of sp³-hybridized carbons (Fsp3) is 0.731. The standard InChI is InChI=1S/C26H37NO4/c28-24(22-11-15-29-17-22)16-20-6-4-19(5-7-20)8-12-27-13-9-21(10-14-27)23-2-1-3-25-26(23)31-18-30-25/h1-3,19-22H,4-18H2. The summed E-state index contributed by atoms with van der Waals surface area (Å²) in [5.74, 6) is 4.61. The van der Waals surface area contributed by atoms with E-state index in [1.165, 1.54) is 70.1 Å². The van der Waals surface area contributed by atoms with Crippen LogP contribution in [0.1, 0.15) is 69.3 Å². The van der Waals surface area contributed by atoms with E-state index in [0.717, 1.165) is 36.9 Å². The van der Waals surface area contributed by atoms with E-state index in [1.807, 2.05) is 6.07 Å². The molecule has 0 amide bonds. The van der Waals surface area contributed by atoms with Gasteiger partial charge in [-0.05, 0) is 82.0 Å². The number of likely N-dealkylation sites (tertiary alicyclic amines) is 1. The van der Waals surface area contributed by atoms with Crippen molar-refractivity contribution in [3.63, 3.8) is 0 Å². The first-order valence-electron chi connectivity index (χ1n) is 12.5. The number of fused-ring (bicyclic) bond motifs is 1. The maximum atomic E-state index is 12.4. The molecule has 3 heterocycles. The van der Waals surface area contributed by atoms with E-state index in [9.17, 15) is 4.79 Å². The van der Waals surface area contributed by atoms with Crippen molar-refractivity contribution in [3.05, 3.63) is 23.8 Å². The molecule has 31 heavy (non-hydrogen) atoms. The van der Waals surface area contributed by atoms with Crippen LogP contribution in [0.3, 0.4) is 0 Å². The monoisotopic (exact) mass is 427 g/mol. The van der Waals surface area contributed by atoms with Gasteiger partial charge in [0.1, 0.15) is 5.78 Å². The highest BCUT2D eigenvalue weighted by molar-refractivity contribution is 5.81. The summed E-state index contributed by atoms with van der Waals surface area (Å²) in [6.07, 6.45) is 10.6.